The molecular weight excluding hydrogens is 192 g/mol. The maximum absolute atomic E-state index is 11.0. The Bertz CT molecular complexity index is 202. The van der Waals surface area contributed by atoms with Crippen molar-refractivity contribution in [1.82, 2.24) is 15.1 Å². The molecule has 1 unspecified atom stereocenters. The smallest absolute Gasteiger partial charge is 0.234 e. The lowest BCUT2D eigenvalue weighted by atomic mass is 10.2. The Morgan fingerprint density at radius 1 is 1.40 bits per heavy atom. The quantitative estimate of drug-likeness (QED) is 0.597. The minimum absolute atomic E-state index is 0.190. The van der Waals surface area contributed by atoms with E-state index in [1.807, 2.05) is 0 Å². The summed E-state index contributed by atoms with van der Waals surface area (Å²) < 4.78 is 0. The Labute approximate surface area is 91.6 Å². The second-order valence-corrected chi connectivity index (χ2v) is 4.18. The monoisotopic (exact) mass is 214 g/mol. The highest BCUT2D eigenvalue weighted by molar-refractivity contribution is 5.79. The molecule has 0 spiro atoms. The predicted octanol–water partition coefficient (Wildman–Crippen LogP) is -1.30. The van der Waals surface area contributed by atoms with E-state index in [9.17, 15) is 4.79 Å². The van der Waals surface area contributed by atoms with E-state index >= 15 is 0 Å². The van der Waals surface area contributed by atoms with Crippen LogP contribution in [0.15, 0.2) is 0 Å². The number of carbonyl (C=O) groups is 1. The van der Waals surface area contributed by atoms with Crippen LogP contribution in [0.5, 0.6) is 0 Å². The average molecular weight is 214 g/mol. The van der Waals surface area contributed by atoms with Crippen LogP contribution in [0, 0.1) is 0 Å². The Kier molecular flexibility index (Phi) is 5.01. The summed E-state index contributed by atoms with van der Waals surface area (Å²) in [6.45, 7) is 5.35. The van der Waals surface area contributed by atoms with Gasteiger partial charge in [-0.05, 0) is 20.5 Å². The minimum atomic E-state index is -0.258. The van der Waals surface area contributed by atoms with E-state index in [2.05, 4.69) is 22.2 Å². The molecule has 5 heteroatoms. The second-order valence-electron chi connectivity index (χ2n) is 4.18. The van der Waals surface area contributed by atoms with Crippen molar-refractivity contribution >= 4 is 5.91 Å². The molecule has 88 valence electrons. The summed E-state index contributed by atoms with van der Waals surface area (Å²) in [6.07, 6.45) is 0.801. The first kappa shape index (κ1) is 12.4. The van der Waals surface area contributed by atoms with E-state index in [0.29, 0.717) is 0 Å². The van der Waals surface area contributed by atoms with E-state index in [1.165, 1.54) is 0 Å². The first-order valence-electron chi connectivity index (χ1n) is 5.51. The maximum Gasteiger partial charge on any atom is 0.234 e. The molecule has 1 amide bonds. The number of primary amides is 1. The molecular formula is C10H22N4O. The van der Waals surface area contributed by atoms with Crippen molar-refractivity contribution in [3.63, 3.8) is 0 Å². The average Bonchev–Trinajstić information content (AvgIpc) is 2.21. The fourth-order valence-corrected chi connectivity index (χ4v) is 1.81. The third-order valence-corrected chi connectivity index (χ3v) is 3.02. The summed E-state index contributed by atoms with van der Waals surface area (Å²) in [7, 11) is 3.91. The van der Waals surface area contributed by atoms with Gasteiger partial charge in [0, 0.05) is 32.7 Å². The summed E-state index contributed by atoms with van der Waals surface area (Å²) in [6, 6.07) is -0.190. The maximum atomic E-state index is 11.0. The molecule has 1 saturated heterocycles. The summed E-state index contributed by atoms with van der Waals surface area (Å²) in [5, 5.41) is 2.94. The SMILES string of the molecule is CNC(CCN1CCN(C)CC1)C(N)=O. The number of likely N-dealkylation sites (N-methyl/N-ethyl adjacent to an activating group) is 2. The van der Waals surface area contributed by atoms with Crippen LogP contribution in [0.3, 0.4) is 0 Å². The van der Waals surface area contributed by atoms with Crippen molar-refractivity contribution in [2.75, 3.05) is 46.8 Å². The molecule has 5 nitrogen and oxygen atoms in total. The van der Waals surface area contributed by atoms with Gasteiger partial charge in [-0.25, -0.2) is 0 Å². The van der Waals surface area contributed by atoms with Crippen LogP contribution in [0.4, 0.5) is 0 Å². The summed E-state index contributed by atoms with van der Waals surface area (Å²) in [5.74, 6) is -0.258. The highest BCUT2D eigenvalue weighted by Crippen LogP contribution is 2.01. The van der Waals surface area contributed by atoms with Gasteiger partial charge >= 0.3 is 0 Å². The number of hydrogen-bond donors (Lipinski definition) is 2. The van der Waals surface area contributed by atoms with Gasteiger partial charge in [0.2, 0.25) is 5.91 Å². The number of rotatable bonds is 5. The zero-order valence-electron chi connectivity index (χ0n) is 9.70. The topological polar surface area (TPSA) is 61.6 Å². The number of nitrogens with two attached hydrogens (primary N) is 1. The van der Waals surface area contributed by atoms with Gasteiger partial charge in [0.1, 0.15) is 0 Å². The number of carbonyl (C=O) groups excluding carboxylic acids is 1. The third-order valence-electron chi connectivity index (χ3n) is 3.02. The standard InChI is InChI=1S/C10H22N4O/c1-12-9(10(11)15)3-4-14-7-5-13(2)6-8-14/h9,12H,3-8H2,1-2H3,(H2,11,15). The predicted molar refractivity (Wildman–Crippen MR) is 60.6 cm³/mol. The highest BCUT2D eigenvalue weighted by atomic mass is 16.1. The van der Waals surface area contributed by atoms with Gasteiger partial charge in [-0.1, -0.05) is 0 Å². The van der Waals surface area contributed by atoms with Gasteiger partial charge < -0.3 is 20.9 Å². The van der Waals surface area contributed by atoms with Gasteiger partial charge in [0.05, 0.1) is 6.04 Å². The molecule has 1 heterocycles. The van der Waals surface area contributed by atoms with Crippen LogP contribution in [0.25, 0.3) is 0 Å². The molecule has 1 rings (SSSR count). The fourth-order valence-electron chi connectivity index (χ4n) is 1.81. The Morgan fingerprint density at radius 3 is 2.47 bits per heavy atom. The van der Waals surface area contributed by atoms with Crippen LogP contribution < -0.4 is 11.1 Å². The summed E-state index contributed by atoms with van der Waals surface area (Å²) in [5.41, 5.74) is 5.26. The van der Waals surface area contributed by atoms with Crippen molar-refractivity contribution in [3.8, 4) is 0 Å². The van der Waals surface area contributed by atoms with Crippen molar-refractivity contribution < 1.29 is 4.79 Å². The molecule has 0 aromatic carbocycles. The van der Waals surface area contributed by atoms with Crippen LogP contribution in [-0.2, 0) is 4.79 Å². The Morgan fingerprint density at radius 2 is 2.00 bits per heavy atom. The van der Waals surface area contributed by atoms with Gasteiger partial charge in [0.15, 0.2) is 0 Å². The molecule has 0 bridgehead atoms. The molecule has 1 aliphatic rings. The number of piperazine rings is 1. The van der Waals surface area contributed by atoms with Gasteiger partial charge in [0.25, 0.3) is 0 Å². The second kappa shape index (κ2) is 6.05. The van der Waals surface area contributed by atoms with Crippen molar-refractivity contribution in [2.24, 2.45) is 5.73 Å². The Balaban J connectivity index is 2.21. The van der Waals surface area contributed by atoms with Crippen LogP contribution in [-0.4, -0.2) is 68.6 Å². The van der Waals surface area contributed by atoms with Crippen molar-refractivity contribution in [3.05, 3.63) is 0 Å². The summed E-state index contributed by atoms with van der Waals surface area (Å²) >= 11 is 0. The van der Waals surface area contributed by atoms with E-state index in [1.54, 1.807) is 7.05 Å². The van der Waals surface area contributed by atoms with Crippen molar-refractivity contribution in [2.45, 2.75) is 12.5 Å². The van der Waals surface area contributed by atoms with Gasteiger partial charge in [-0.2, -0.15) is 0 Å². The van der Waals surface area contributed by atoms with Crippen LogP contribution >= 0.6 is 0 Å². The van der Waals surface area contributed by atoms with E-state index in [-0.39, 0.29) is 11.9 Å². The van der Waals surface area contributed by atoms with E-state index in [0.717, 1.165) is 39.1 Å². The van der Waals surface area contributed by atoms with Crippen LogP contribution in [0.2, 0.25) is 0 Å². The third kappa shape index (κ3) is 4.15. The highest BCUT2D eigenvalue weighted by Gasteiger charge is 2.17. The first-order valence-corrected chi connectivity index (χ1v) is 5.51. The first-order chi connectivity index (χ1) is 7.13. The lowest BCUT2D eigenvalue weighted by molar-refractivity contribution is -0.120. The molecule has 1 fully saturated rings. The molecule has 0 aromatic heterocycles. The van der Waals surface area contributed by atoms with Crippen molar-refractivity contribution in [1.29, 1.82) is 0 Å². The zero-order valence-corrected chi connectivity index (χ0v) is 9.70. The molecule has 0 radical (unpaired) electrons. The number of hydrogen-bond acceptors (Lipinski definition) is 4. The molecule has 0 aliphatic carbocycles. The molecule has 15 heavy (non-hydrogen) atoms. The molecule has 0 saturated carbocycles. The van der Waals surface area contributed by atoms with Gasteiger partial charge in [-0.15, -0.1) is 0 Å². The number of nitrogens with one attached hydrogen (secondary N) is 1. The minimum Gasteiger partial charge on any atom is -0.368 e. The lowest BCUT2D eigenvalue weighted by Crippen LogP contribution is -2.47. The van der Waals surface area contributed by atoms with E-state index in [4.69, 9.17) is 5.73 Å². The molecule has 1 aliphatic heterocycles. The lowest BCUT2D eigenvalue weighted by Gasteiger charge is -2.32. The van der Waals surface area contributed by atoms with Crippen LogP contribution in [0.1, 0.15) is 6.42 Å². The fraction of sp³-hybridized carbons (Fsp3) is 0.900. The Hall–Kier alpha value is -0.650. The van der Waals surface area contributed by atoms with Gasteiger partial charge in [-0.3, -0.25) is 4.79 Å². The molecule has 3 N–H and O–H groups in total. The molecule has 1 atom stereocenters. The zero-order chi connectivity index (χ0) is 11.3. The number of amides is 1. The largest absolute Gasteiger partial charge is 0.368 e. The number of nitrogens with zero attached hydrogens (tertiary/aromatic N) is 2. The normalized spacial score (nSPS) is 21.5. The molecule has 0 aromatic rings. The van der Waals surface area contributed by atoms with E-state index < -0.39 is 0 Å². The summed E-state index contributed by atoms with van der Waals surface area (Å²) in [4.78, 5) is 15.7.